The third kappa shape index (κ3) is 6.72. The van der Waals surface area contributed by atoms with E-state index in [9.17, 15) is 22.8 Å². The van der Waals surface area contributed by atoms with E-state index >= 15 is 0 Å². The molecule has 0 unspecified atom stereocenters. The molecular weight excluding hydrogens is 673 g/mol. The van der Waals surface area contributed by atoms with Crippen molar-refractivity contribution in [3.05, 3.63) is 82.9 Å². The van der Waals surface area contributed by atoms with Gasteiger partial charge < -0.3 is 14.5 Å². The lowest BCUT2D eigenvalue weighted by molar-refractivity contribution is -0.148. The fraction of sp³-hybridized carbons (Fsp3) is 0.526. The smallest absolute Gasteiger partial charge is 0.257 e. The fourth-order valence-corrected chi connectivity index (χ4v) is 8.56. The van der Waals surface area contributed by atoms with Crippen LogP contribution in [-0.2, 0) is 22.7 Å². The zero-order valence-electron chi connectivity index (χ0n) is 29.4. The Bertz CT molecular complexity index is 1930. The van der Waals surface area contributed by atoms with E-state index in [0.29, 0.717) is 63.6 Å². The molecule has 11 nitrogen and oxygen atoms in total. The number of nitrogens with one attached hydrogen (secondary N) is 1. The average molecular weight is 717 g/mol. The molecule has 2 aromatic carbocycles. The van der Waals surface area contributed by atoms with Gasteiger partial charge in [0.25, 0.3) is 5.91 Å². The highest BCUT2D eigenvalue weighted by molar-refractivity contribution is 5.94. The van der Waals surface area contributed by atoms with Crippen molar-refractivity contribution in [1.29, 1.82) is 0 Å². The molecule has 14 heteroatoms. The summed E-state index contributed by atoms with van der Waals surface area (Å²) >= 11 is 0. The molecule has 52 heavy (non-hydrogen) atoms. The second-order valence-corrected chi connectivity index (χ2v) is 16.0. The van der Waals surface area contributed by atoms with Crippen LogP contribution in [0.2, 0.25) is 0 Å². The predicted molar refractivity (Wildman–Crippen MR) is 183 cm³/mol. The highest BCUT2D eigenvalue weighted by atomic mass is 19.3. The summed E-state index contributed by atoms with van der Waals surface area (Å²) in [5.74, 6) is -2.55. The van der Waals surface area contributed by atoms with Crippen LogP contribution < -0.4 is 0 Å². The highest BCUT2D eigenvalue weighted by Gasteiger charge is 2.60. The van der Waals surface area contributed by atoms with E-state index in [0.717, 1.165) is 28.7 Å². The normalized spacial score (nSPS) is 23.2. The maximum atomic E-state index is 14.0. The number of H-pyrrole nitrogens is 1. The van der Waals surface area contributed by atoms with E-state index < -0.39 is 5.92 Å². The summed E-state index contributed by atoms with van der Waals surface area (Å²) in [6.45, 7) is 7.33. The molecule has 0 bridgehead atoms. The lowest BCUT2D eigenvalue weighted by Crippen LogP contribution is -2.63. The van der Waals surface area contributed by atoms with Crippen molar-refractivity contribution in [2.75, 3.05) is 32.8 Å². The molecule has 2 saturated carbocycles. The summed E-state index contributed by atoms with van der Waals surface area (Å²) in [6, 6.07) is 12.0. The second-order valence-electron chi connectivity index (χ2n) is 16.0. The molecule has 2 aliphatic carbocycles. The minimum atomic E-state index is -2.64. The first-order valence-electron chi connectivity index (χ1n) is 18.1. The molecule has 4 fully saturated rings. The number of nitrogens with zero attached hydrogens (tertiary/aromatic N) is 7. The van der Waals surface area contributed by atoms with Crippen LogP contribution in [0, 0.1) is 28.5 Å². The summed E-state index contributed by atoms with van der Waals surface area (Å²) in [7, 11) is 0. The highest BCUT2D eigenvalue weighted by Crippen LogP contribution is 2.55. The Hall–Kier alpha value is -4.59. The Kier molecular flexibility index (Phi) is 8.70. The Balaban J connectivity index is 0.982. The van der Waals surface area contributed by atoms with Crippen molar-refractivity contribution in [1.82, 2.24) is 40.2 Å². The average Bonchev–Trinajstić information content (AvgIpc) is 3.60. The fourth-order valence-electron chi connectivity index (χ4n) is 8.56. The van der Waals surface area contributed by atoms with Crippen molar-refractivity contribution >= 4 is 11.8 Å². The van der Waals surface area contributed by atoms with E-state index in [2.05, 4.69) is 39.6 Å². The maximum Gasteiger partial charge on any atom is 0.257 e. The Labute approximate surface area is 299 Å². The van der Waals surface area contributed by atoms with Crippen LogP contribution in [0.5, 0.6) is 0 Å². The number of hydrogen-bond acceptors (Lipinski definition) is 7. The predicted octanol–water partition coefficient (Wildman–Crippen LogP) is 5.71. The Morgan fingerprint density at radius 3 is 2.44 bits per heavy atom. The van der Waals surface area contributed by atoms with Crippen LogP contribution in [-0.4, -0.2) is 90.7 Å². The molecule has 4 aliphatic rings. The molecule has 2 aromatic heterocycles. The summed E-state index contributed by atoms with van der Waals surface area (Å²) in [5.41, 5.74) is 3.57. The summed E-state index contributed by atoms with van der Waals surface area (Å²) in [5, 5.41) is 19.2. The van der Waals surface area contributed by atoms with Gasteiger partial charge in [0.05, 0.1) is 31.5 Å². The molecule has 2 aliphatic heterocycles. The molecule has 2 amide bonds. The van der Waals surface area contributed by atoms with Gasteiger partial charge in [0.15, 0.2) is 0 Å². The van der Waals surface area contributed by atoms with Gasteiger partial charge in [-0.25, -0.2) is 13.2 Å². The number of aromatic amines is 1. The van der Waals surface area contributed by atoms with Crippen LogP contribution in [0.25, 0.3) is 11.4 Å². The number of rotatable bonds is 10. The molecule has 2 saturated heterocycles. The third-order valence-corrected chi connectivity index (χ3v) is 11.9. The van der Waals surface area contributed by atoms with Gasteiger partial charge in [0.2, 0.25) is 17.7 Å². The summed E-state index contributed by atoms with van der Waals surface area (Å²) in [6.07, 6.45) is 4.59. The van der Waals surface area contributed by atoms with Crippen LogP contribution in [0.1, 0.15) is 78.9 Å². The van der Waals surface area contributed by atoms with E-state index in [1.807, 2.05) is 28.0 Å². The summed E-state index contributed by atoms with van der Waals surface area (Å²) in [4.78, 5) is 31.0. The van der Waals surface area contributed by atoms with Crippen molar-refractivity contribution in [3.63, 3.8) is 0 Å². The van der Waals surface area contributed by atoms with Gasteiger partial charge in [-0.3, -0.25) is 14.3 Å². The lowest BCUT2D eigenvalue weighted by Gasteiger charge is -2.51. The number of amides is 2. The number of hydrogen-bond donors (Lipinski definition) is 1. The number of halogens is 3. The van der Waals surface area contributed by atoms with Crippen LogP contribution in [0.4, 0.5) is 13.2 Å². The van der Waals surface area contributed by atoms with Crippen molar-refractivity contribution < 1.29 is 27.5 Å². The number of ether oxygens (including phenoxy) is 1. The van der Waals surface area contributed by atoms with Gasteiger partial charge in [-0.05, 0) is 64.6 Å². The molecule has 2 atom stereocenters. The van der Waals surface area contributed by atoms with E-state index in [4.69, 9.17) is 4.74 Å². The van der Waals surface area contributed by atoms with Gasteiger partial charge >= 0.3 is 0 Å². The van der Waals surface area contributed by atoms with Crippen molar-refractivity contribution in [2.24, 2.45) is 22.7 Å². The van der Waals surface area contributed by atoms with Gasteiger partial charge in [-0.15, -0.1) is 10.2 Å². The largest absolute Gasteiger partial charge is 0.376 e. The standard InChI is InChI=1S/C38H43F3N8O3/c1-36(2)14-31(36)35(51)48-22-37(23-48)21-47(34(50)27-15-42-49(17-27)16-24-6-8-29(39)9-7-24)18-28(37)20-52-19-26-4-3-5-30(32(26)33-43-45-46-44-33)25-10-12-38(40,41)13-11-25/h3-9,15,17,25,28,31H,10-14,16,18-23H2,1-2H3,(H,43,44,45,46)/t28-,31+/m0/s1. The molecule has 0 radical (unpaired) electrons. The zero-order valence-corrected chi connectivity index (χ0v) is 29.4. The number of carbonyl (C=O) groups excluding carboxylic acids is 2. The first kappa shape index (κ1) is 34.5. The number of tetrazole rings is 1. The maximum absolute atomic E-state index is 14.0. The third-order valence-electron chi connectivity index (χ3n) is 11.9. The first-order valence-corrected chi connectivity index (χ1v) is 18.1. The number of benzene rings is 2. The Morgan fingerprint density at radius 2 is 1.75 bits per heavy atom. The SMILES string of the molecule is CC1(C)C[C@@H]1C(=O)N1CC2(CN(C(=O)c3cnn(Cc4ccc(F)cc4)c3)C[C@H]2COCc2cccc(C3CCC(F)(F)CC3)c2-c2nn[nH]n2)C1. The van der Waals surface area contributed by atoms with Gasteiger partial charge in [0.1, 0.15) is 5.82 Å². The van der Waals surface area contributed by atoms with Gasteiger partial charge in [0, 0.05) is 68.0 Å². The minimum Gasteiger partial charge on any atom is -0.376 e. The molecule has 274 valence electrons. The first-order chi connectivity index (χ1) is 24.9. The molecule has 1 spiro atoms. The number of likely N-dealkylation sites (tertiary alicyclic amines) is 2. The lowest BCUT2D eigenvalue weighted by atomic mass is 9.71. The molecule has 8 rings (SSSR count). The summed E-state index contributed by atoms with van der Waals surface area (Å²) < 4.78 is 49.6. The van der Waals surface area contributed by atoms with Gasteiger partial charge in [-0.1, -0.05) is 44.2 Å². The molecule has 4 aromatic rings. The number of aromatic nitrogens is 6. The minimum absolute atomic E-state index is 0.0253. The number of carbonyl (C=O) groups is 2. The zero-order chi connectivity index (χ0) is 36.3. The van der Waals surface area contributed by atoms with Gasteiger partial charge in [-0.2, -0.15) is 10.3 Å². The van der Waals surface area contributed by atoms with E-state index in [1.54, 1.807) is 29.2 Å². The topological polar surface area (TPSA) is 122 Å². The van der Waals surface area contributed by atoms with E-state index in [1.165, 1.54) is 12.1 Å². The van der Waals surface area contributed by atoms with Crippen LogP contribution >= 0.6 is 0 Å². The Morgan fingerprint density at radius 1 is 1.02 bits per heavy atom. The van der Waals surface area contributed by atoms with E-state index in [-0.39, 0.29) is 65.7 Å². The van der Waals surface area contributed by atoms with Crippen molar-refractivity contribution in [3.8, 4) is 11.4 Å². The van der Waals surface area contributed by atoms with Crippen LogP contribution in [0.15, 0.2) is 54.9 Å². The second kappa shape index (κ2) is 13.1. The molecule has 1 N–H and O–H groups in total. The number of alkyl halides is 2. The van der Waals surface area contributed by atoms with Crippen molar-refractivity contribution in [2.45, 2.75) is 70.9 Å². The molecule has 4 heterocycles. The monoisotopic (exact) mass is 716 g/mol. The van der Waals surface area contributed by atoms with Crippen LogP contribution in [0.3, 0.4) is 0 Å². The quantitative estimate of drug-likeness (QED) is 0.223. The molecular formula is C38H43F3N8O3.